The van der Waals surface area contributed by atoms with Gasteiger partial charge in [0.25, 0.3) is 0 Å². The van der Waals surface area contributed by atoms with Gasteiger partial charge in [0.1, 0.15) is 11.6 Å². The van der Waals surface area contributed by atoms with Crippen molar-refractivity contribution in [2.75, 3.05) is 0 Å². The van der Waals surface area contributed by atoms with E-state index in [0.29, 0.717) is 12.8 Å². The zero-order chi connectivity index (χ0) is 14.6. The summed E-state index contributed by atoms with van der Waals surface area (Å²) in [5, 5.41) is 0. The van der Waals surface area contributed by atoms with Crippen LogP contribution in [0.2, 0.25) is 0 Å². The minimum Gasteiger partial charge on any atom is -0.300 e. The molecule has 0 aliphatic rings. The van der Waals surface area contributed by atoms with Gasteiger partial charge in [-0.2, -0.15) is 0 Å². The van der Waals surface area contributed by atoms with Crippen molar-refractivity contribution in [3.05, 3.63) is 23.3 Å². The molecule has 0 spiro atoms. The lowest BCUT2D eigenvalue weighted by Crippen LogP contribution is -1.86. The van der Waals surface area contributed by atoms with Crippen LogP contribution in [0, 0.1) is 0 Å². The van der Waals surface area contributed by atoms with E-state index in [2.05, 4.69) is 12.2 Å². The Balaban J connectivity index is 0. The van der Waals surface area contributed by atoms with E-state index in [1.807, 2.05) is 27.7 Å². The molecule has 0 saturated carbocycles. The van der Waals surface area contributed by atoms with Gasteiger partial charge in [0.05, 0.1) is 0 Å². The SMILES string of the molecule is CC(=O)CCC=C(C)C.CC(=O)CCC=C(C)C. The lowest BCUT2D eigenvalue weighted by Gasteiger charge is -1.89. The topological polar surface area (TPSA) is 34.1 Å². The van der Waals surface area contributed by atoms with Crippen molar-refractivity contribution >= 4 is 11.6 Å². The molecule has 2 nitrogen and oxygen atoms in total. The van der Waals surface area contributed by atoms with Crippen molar-refractivity contribution in [2.24, 2.45) is 0 Å². The first-order valence-electron chi connectivity index (χ1n) is 6.51. The summed E-state index contributed by atoms with van der Waals surface area (Å²) in [6.45, 7) is 11.4. The number of carbonyl (C=O) groups is 2. The summed E-state index contributed by atoms with van der Waals surface area (Å²) in [4.78, 5) is 20.8. The van der Waals surface area contributed by atoms with E-state index in [1.165, 1.54) is 11.1 Å². The molecule has 0 aliphatic carbocycles. The Bertz CT molecular complexity index is 269. The molecule has 18 heavy (non-hydrogen) atoms. The predicted molar refractivity (Wildman–Crippen MR) is 78.7 cm³/mol. The molecule has 0 aromatic carbocycles. The molecule has 0 bridgehead atoms. The second-order valence-corrected chi connectivity index (χ2v) is 5.04. The van der Waals surface area contributed by atoms with Gasteiger partial charge in [0.15, 0.2) is 0 Å². The Morgan fingerprint density at radius 2 is 0.944 bits per heavy atom. The molecule has 0 aromatic rings. The molecule has 0 aliphatic heterocycles. The molecule has 0 radical (unpaired) electrons. The fraction of sp³-hybridized carbons (Fsp3) is 0.625. The monoisotopic (exact) mass is 252 g/mol. The molecule has 0 atom stereocenters. The van der Waals surface area contributed by atoms with E-state index in [0.717, 1.165) is 12.8 Å². The summed E-state index contributed by atoms with van der Waals surface area (Å²) >= 11 is 0. The zero-order valence-corrected chi connectivity index (χ0v) is 12.8. The van der Waals surface area contributed by atoms with Gasteiger partial charge in [-0.15, -0.1) is 0 Å². The molecule has 0 rings (SSSR count). The smallest absolute Gasteiger partial charge is 0.130 e. The molecule has 0 fully saturated rings. The van der Waals surface area contributed by atoms with Crippen LogP contribution in [0.25, 0.3) is 0 Å². The molecule has 0 saturated heterocycles. The van der Waals surface area contributed by atoms with Crippen LogP contribution in [-0.2, 0) is 9.59 Å². The van der Waals surface area contributed by atoms with Crippen molar-refractivity contribution in [3.63, 3.8) is 0 Å². The number of hydrogen-bond acceptors (Lipinski definition) is 2. The number of carbonyl (C=O) groups excluding carboxylic acids is 2. The van der Waals surface area contributed by atoms with Crippen molar-refractivity contribution in [1.82, 2.24) is 0 Å². The standard InChI is InChI=1S/2C8H14O/c2*1-7(2)5-4-6-8(3)9/h2*5H,4,6H2,1-3H3. The van der Waals surface area contributed by atoms with Crippen LogP contribution in [0.1, 0.15) is 67.2 Å². The zero-order valence-electron chi connectivity index (χ0n) is 12.8. The Labute approximate surface area is 112 Å². The number of Topliss-reactive ketones (excluding diaryl/α,β-unsaturated/α-hetero) is 2. The Kier molecular flexibility index (Phi) is 13.1. The maximum Gasteiger partial charge on any atom is 0.130 e. The summed E-state index contributed by atoms with van der Waals surface area (Å²) in [6, 6.07) is 0. The summed E-state index contributed by atoms with van der Waals surface area (Å²) in [6.07, 6.45) is 7.34. The fourth-order valence-corrected chi connectivity index (χ4v) is 1.13. The van der Waals surface area contributed by atoms with Gasteiger partial charge in [-0.25, -0.2) is 0 Å². The van der Waals surface area contributed by atoms with Crippen LogP contribution in [0.15, 0.2) is 23.3 Å². The van der Waals surface area contributed by atoms with Gasteiger partial charge in [0, 0.05) is 12.8 Å². The highest BCUT2D eigenvalue weighted by atomic mass is 16.1. The lowest BCUT2D eigenvalue weighted by molar-refractivity contribution is -0.117. The third-order valence-corrected chi connectivity index (χ3v) is 2.10. The third-order valence-electron chi connectivity index (χ3n) is 2.10. The van der Waals surface area contributed by atoms with E-state index in [1.54, 1.807) is 13.8 Å². The quantitative estimate of drug-likeness (QED) is 0.645. The lowest BCUT2D eigenvalue weighted by atomic mass is 10.2. The maximum atomic E-state index is 10.4. The molecule has 0 N–H and O–H groups in total. The van der Waals surface area contributed by atoms with E-state index < -0.39 is 0 Å². The van der Waals surface area contributed by atoms with Gasteiger partial charge in [0.2, 0.25) is 0 Å². The second-order valence-electron chi connectivity index (χ2n) is 5.04. The Hall–Kier alpha value is -1.18. The number of rotatable bonds is 6. The van der Waals surface area contributed by atoms with Crippen LogP contribution in [0.3, 0.4) is 0 Å². The van der Waals surface area contributed by atoms with Gasteiger partial charge >= 0.3 is 0 Å². The van der Waals surface area contributed by atoms with Crippen LogP contribution < -0.4 is 0 Å². The van der Waals surface area contributed by atoms with Crippen molar-refractivity contribution < 1.29 is 9.59 Å². The van der Waals surface area contributed by atoms with E-state index in [9.17, 15) is 9.59 Å². The highest BCUT2D eigenvalue weighted by Gasteiger charge is 1.88. The summed E-state index contributed by atoms with van der Waals surface area (Å²) in [5.74, 6) is 0.542. The van der Waals surface area contributed by atoms with E-state index >= 15 is 0 Å². The first kappa shape index (κ1) is 19.2. The van der Waals surface area contributed by atoms with Crippen LogP contribution in [0.4, 0.5) is 0 Å². The van der Waals surface area contributed by atoms with Crippen molar-refractivity contribution in [1.29, 1.82) is 0 Å². The van der Waals surface area contributed by atoms with Crippen LogP contribution in [-0.4, -0.2) is 11.6 Å². The number of allylic oxidation sites excluding steroid dienone is 4. The van der Waals surface area contributed by atoms with Crippen LogP contribution >= 0.6 is 0 Å². The molecule has 0 aromatic heterocycles. The molecule has 0 unspecified atom stereocenters. The van der Waals surface area contributed by atoms with Gasteiger partial charge < -0.3 is 9.59 Å². The minimum atomic E-state index is 0.271. The Morgan fingerprint density at radius 3 is 1.11 bits per heavy atom. The van der Waals surface area contributed by atoms with Crippen molar-refractivity contribution in [3.8, 4) is 0 Å². The van der Waals surface area contributed by atoms with Crippen molar-refractivity contribution in [2.45, 2.75) is 67.2 Å². The molecule has 0 amide bonds. The highest BCUT2D eigenvalue weighted by molar-refractivity contribution is 5.75. The summed E-state index contributed by atoms with van der Waals surface area (Å²) < 4.78 is 0. The largest absolute Gasteiger partial charge is 0.300 e. The second kappa shape index (κ2) is 12.3. The summed E-state index contributed by atoms with van der Waals surface area (Å²) in [7, 11) is 0. The molecule has 2 heteroatoms. The van der Waals surface area contributed by atoms with Crippen LogP contribution in [0.5, 0.6) is 0 Å². The molecule has 104 valence electrons. The normalized spacial score (nSPS) is 8.78. The fourth-order valence-electron chi connectivity index (χ4n) is 1.13. The molecular weight excluding hydrogens is 224 g/mol. The third kappa shape index (κ3) is 24.2. The highest BCUT2D eigenvalue weighted by Crippen LogP contribution is 1.97. The first-order valence-corrected chi connectivity index (χ1v) is 6.51. The van der Waals surface area contributed by atoms with Gasteiger partial charge in [-0.05, 0) is 54.4 Å². The molecular formula is C16H28O2. The maximum absolute atomic E-state index is 10.4. The Morgan fingerprint density at radius 1 is 0.667 bits per heavy atom. The van der Waals surface area contributed by atoms with E-state index in [-0.39, 0.29) is 11.6 Å². The van der Waals surface area contributed by atoms with Gasteiger partial charge in [-0.1, -0.05) is 23.3 Å². The first-order chi connectivity index (χ1) is 8.25. The number of ketones is 2. The minimum absolute atomic E-state index is 0.271. The number of hydrogen-bond donors (Lipinski definition) is 0. The average Bonchev–Trinajstić information content (AvgIpc) is 2.15. The average molecular weight is 252 g/mol. The van der Waals surface area contributed by atoms with E-state index in [4.69, 9.17) is 0 Å². The summed E-state index contributed by atoms with van der Waals surface area (Å²) in [5.41, 5.74) is 2.58. The predicted octanol–water partition coefficient (Wildman–Crippen LogP) is 4.64. The molecule has 0 heterocycles. The van der Waals surface area contributed by atoms with Gasteiger partial charge in [-0.3, -0.25) is 0 Å².